The summed E-state index contributed by atoms with van der Waals surface area (Å²) in [5.41, 5.74) is 5.64. The molecule has 0 heteroatoms. The molecule has 0 spiro atoms. The summed E-state index contributed by atoms with van der Waals surface area (Å²) < 4.78 is 0. The lowest BCUT2D eigenvalue weighted by molar-refractivity contribution is 0.152. The van der Waals surface area contributed by atoms with Crippen molar-refractivity contribution in [2.24, 2.45) is 29.6 Å². The van der Waals surface area contributed by atoms with Crippen LogP contribution in [0.5, 0.6) is 0 Å². The molecule has 0 aliphatic heterocycles. The van der Waals surface area contributed by atoms with Crippen LogP contribution in [-0.2, 0) is 6.42 Å². The Hall–Kier alpha value is -1.82. The highest BCUT2D eigenvalue weighted by Crippen LogP contribution is 2.42. The summed E-state index contributed by atoms with van der Waals surface area (Å²) in [6.45, 7) is 9.03. The van der Waals surface area contributed by atoms with E-state index in [2.05, 4.69) is 88.4 Å². The minimum Gasteiger partial charge on any atom is -0.0914 e. The van der Waals surface area contributed by atoms with Crippen LogP contribution in [0.3, 0.4) is 0 Å². The largest absolute Gasteiger partial charge is 0.0914 e. The molecule has 0 radical (unpaired) electrons. The Balaban J connectivity index is 0.000000195. The molecule has 0 amide bonds. The van der Waals surface area contributed by atoms with Crippen molar-refractivity contribution in [1.29, 1.82) is 0 Å². The first-order valence-electron chi connectivity index (χ1n) is 17.9. The van der Waals surface area contributed by atoms with Gasteiger partial charge in [-0.05, 0) is 135 Å². The molecule has 0 nitrogen and oxygen atoms in total. The van der Waals surface area contributed by atoms with E-state index in [9.17, 15) is 0 Å². The summed E-state index contributed by atoms with van der Waals surface area (Å²) in [7, 11) is 0. The smallest absolute Gasteiger partial charge is 0.0162 e. The molecule has 2 aromatic carbocycles. The first-order valence-corrected chi connectivity index (χ1v) is 17.9. The molecule has 3 fully saturated rings. The second kappa shape index (κ2) is 17.3. The molecule has 0 heterocycles. The van der Waals surface area contributed by atoms with E-state index in [0.717, 1.165) is 41.9 Å². The van der Waals surface area contributed by atoms with Crippen LogP contribution in [0.1, 0.15) is 147 Å². The van der Waals surface area contributed by atoms with Crippen LogP contribution in [0.15, 0.2) is 60.7 Å². The van der Waals surface area contributed by atoms with Gasteiger partial charge in [-0.1, -0.05) is 120 Å². The number of allylic oxidation sites excluding steroid dienone is 2. The molecule has 0 unspecified atom stereocenters. The molecule has 0 bridgehead atoms. The first-order chi connectivity index (χ1) is 20.1. The maximum atomic E-state index is 2.44. The molecule has 0 aromatic heterocycles. The number of hydrogen-bond donors (Lipinski definition) is 0. The van der Waals surface area contributed by atoms with Crippen LogP contribution < -0.4 is 0 Å². The Bertz CT molecular complexity index is 971. The quantitative estimate of drug-likeness (QED) is 0.270. The van der Waals surface area contributed by atoms with Crippen molar-refractivity contribution >= 4 is 0 Å². The fourth-order valence-electron chi connectivity index (χ4n) is 8.51. The van der Waals surface area contributed by atoms with Gasteiger partial charge >= 0.3 is 0 Å². The number of benzene rings is 2. The van der Waals surface area contributed by atoms with E-state index < -0.39 is 0 Å². The topological polar surface area (TPSA) is 0 Å². The average Bonchev–Trinajstić information content (AvgIpc) is 3.03. The first kappa shape index (κ1) is 32.1. The molecule has 3 aliphatic carbocycles. The predicted molar refractivity (Wildman–Crippen MR) is 181 cm³/mol. The summed E-state index contributed by atoms with van der Waals surface area (Å²) in [4.78, 5) is 0. The Labute approximate surface area is 254 Å². The molecule has 0 atom stereocenters. The van der Waals surface area contributed by atoms with Crippen molar-refractivity contribution in [2.75, 3.05) is 0 Å². The SMILES string of the molecule is C/C=C/C1CCC(C2CCC(CCC)CC2)CC1.CCCC1CCC(c2ccc(-c3ccc(CC)cc3)cc2)CC1. The normalized spacial score (nSPS) is 28.7. The minimum atomic E-state index is 0.791. The molecule has 3 aliphatic rings. The molecule has 3 saturated carbocycles. The third kappa shape index (κ3) is 9.86. The van der Waals surface area contributed by atoms with Crippen molar-refractivity contribution in [2.45, 2.75) is 143 Å². The summed E-state index contributed by atoms with van der Waals surface area (Å²) in [6, 6.07) is 18.4. The third-order valence-corrected chi connectivity index (χ3v) is 11.2. The monoisotopic (exact) mass is 554 g/mol. The molecule has 226 valence electrons. The van der Waals surface area contributed by atoms with Crippen molar-refractivity contribution in [3.05, 3.63) is 71.8 Å². The predicted octanol–water partition coefficient (Wildman–Crippen LogP) is 13.0. The van der Waals surface area contributed by atoms with Crippen LogP contribution in [-0.4, -0.2) is 0 Å². The number of rotatable bonds is 9. The van der Waals surface area contributed by atoms with Crippen LogP contribution in [0.25, 0.3) is 11.1 Å². The lowest BCUT2D eigenvalue weighted by Crippen LogP contribution is -2.25. The molecule has 2 aromatic rings. The summed E-state index contributed by atoms with van der Waals surface area (Å²) >= 11 is 0. The van der Waals surface area contributed by atoms with Gasteiger partial charge in [0.05, 0.1) is 0 Å². The highest BCUT2D eigenvalue weighted by molar-refractivity contribution is 5.64. The number of hydrogen-bond acceptors (Lipinski definition) is 0. The Morgan fingerprint density at radius 2 is 1.02 bits per heavy atom. The van der Waals surface area contributed by atoms with Crippen LogP contribution in [0, 0.1) is 29.6 Å². The molecule has 0 saturated heterocycles. The van der Waals surface area contributed by atoms with Crippen LogP contribution >= 0.6 is 0 Å². The Morgan fingerprint density at radius 1 is 0.561 bits per heavy atom. The van der Waals surface area contributed by atoms with Crippen LogP contribution in [0.2, 0.25) is 0 Å². The van der Waals surface area contributed by atoms with E-state index in [1.54, 1.807) is 18.4 Å². The van der Waals surface area contributed by atoms with Gasteiger partial charge in [0.1, 0.15) is 0 Å². The van der Waals surface area contributed by atoms with Crippen molar-refractivity contribution in [3.63, 3.8) is 0 Å². The maximum Gasteiger partial charge on any atom is -0.0162 e. The van der Waals surface area contributed by atoms with Crippen molar-refractivity contribution in [1.82, 2.24) is 0 Å². The van der Waals surface area contributed by atoms with Gasteiger partial charge in [0.2, 0.25) is 0 Å². The Morgan fingerprint density at radius 3 is 1.49 bits per heavy atom. The Kier molecular flexibility index (Phi) is 13.6. The van der Waals surface area contributed by atoms with Gasteiger partial charge in [-0.3, -0.25) is 0 Å². The van der Waals surface area contributed by atoms with E-state index in [-0.39, 0.29) is 0 Å². The second-order valence-corrected chi connectivity index (χ2v) is 13.9. The fraction of sp³-hybridized carbons (Fsp3) is 0.659. The lowest BCUT2D eigenvalue weighted by atomic mass is 9.69. The standard InChI is InChI=1S/C23H30.C18H32/c1-3-5-19-8-12-21(13-9-19)23-16-14-22(15-17-23)20-10-6-18(4-2)7-11-20;1-3-5-15-7-11-17(12-8-15)18-13-9-16(6-4-2)10-14-18/h6-7,10-11,14-17,19,21H,3-5,8-9,12-13H2,1-2H3;3,5,15-18H,4,6-14H2,1-2H3/b;5-3+. The van der Waals surface area contributed by atoms with Gasteiger partial charge < -0.3 is 0 Å². The molecule has 5 rings (SSSR count). The number of aryl methyl sites for hydroxylation is 1. The van der Waals surface area contributed by atoms with Gasteiger partial charge in [-0.15, -0.1) is 0 Å². The zero-order chi connectivity index (χ0) is 28.9. The molecule has 0 N–H and O–H groups in total. The minimum absolute atomic E-state index is 0.791. The van der Waals surface area contributed by atoms with E-state index in [4.69, 9.17) is 0 Å². The van der Waals surface area contributed by atoms with Gasteiger partial charge in [-0.25, -0.2) is 0 Å². The van der Waals surface area contributed by atoms with E-state index in [1.165, 1.54) is 107 Å². The zero-order valence-corrected chi connectivity index (χ0v) is 27.3. The third-order valence-electron chi connectivity index (χ3n) is 11.2. The summed E-state index contributed by atoms with van der Waals surface area (Å²) in [5.74, 6) is 5.93. The second-order valence-electron chi connectivity index (χ2n) is 13.9. The van der Waals surface area contributed by atoms with Gasteiger partial charge in [-0.2, -0.15) is 0 Å². The van der Waals surface area contributed by atoms with E-state index in [1.807, 2.05) is 0 Å². The highest BCUT2D eigenvalue weighted by Gasteiger charge is 2.30. The molecule has 41 heavy (non-hydrogen) atoms. The molecular formula is C41H62. The van der Waals surface area contributed by atoms with Gasteiger partial charge in [0.25, 0.3) is 0 Å². The highest BCUT2D eigenvalue weighted by atomic mass is 14.4. The lowest BCUT2D eigenvalue weighted by Gasteiger charge is -2.37. The van der Waals surface area contributed by atoms with Crippen LogP contribution in [0.4, 0.5) is 0 Å². The average molecular weight is 555 g/mol. The molecular weight excluding hydrogens is 492 g/mol. The summed E-state index contributed by atoms with van der Waals surface area (Å²) in [6.07, 6.45) is 29.2. The van der Waals surface area contributed by atoms with Crippen molar-refractivity contribution < 1.29 is 0 Å². The van der Waals surface area contributed by atoms with Crippen molar-refractivity contribution in [3.8, 4) is 11.1 Å². The van der Waals surface area contributed by atoms with Gasteiger partial charge in [0.15, 0.2) is 0 Å². The zero-order valence-electron chi connectivity index (χ0n) is 27.3. The van der Waals surface area contributed by atoms with E-state index >= 15 is 0 Å². The maximum absolute atomic E-state index is 2.44. The van der Waals surface area contributed by atoms with Gasteiger partial charge in [0, 0.05) is 0 Å². The fourth-order valence-corrected chi connectivity index (χ4v) is 8.51. The summed E-state index contributed by atoms with van der Waals surface area (Å²) in [5, 5.41) is 0. The van der Waals surface area contributed by atoms with E-state index in [0.29, 0.717) is 0 Å².